The molecule has 21 heavy (non-hydrogen) atoms. The second-order valence-corrected chi connectivity index (χ2v) is 7.17. The molecule has 1 aliphatic carbocycles. The van der Waals surface area contributed by atoms with E-state index >= 15 is 0 Å². The number of carbonyl (C=O) groups is 2. The molecule has 2 amide bonds. The van der Waals surface area contributed by atoms with Gasteiger partial charge in [0.2, 0.25) is 11.8 Å². The number of carbonyl (C=O) groups excluding carboxylic acids is 2. The number of piperazine rings is 1. The maximum Gasteiger partial charge on any atom is 0.246 e. The summed E-state index contributed by atoms with van der Waals surface area (Å²) in [5.41, 5.74) is 0. The van der Waals surface area contributed by atoms with E-state index in [2.05, 4.69) is 12.2 Å². The maximum atomic E-state index is 12.8. The molecule has 2 aliphatic rings. The summed E-state index contributed by atoms with van der Waals surface area (Å²) in [7, 11) is 0. The highest BCUT2D eigenvalue weighted by molar-refractivity contribution is 5.97. The standard InChI is InChI=1S/C17H30N2O2/c1-5-14-17(21)19(15(11(2)3)16(20)18-14)13-8-6-7-12(4)9-10-13/h11-15H,5-10H2,1-4H3,(H,18,20). The van der Waals surface area contributed by atoms with Gasteiger partial charge < -0.3 is 10.2 Å². The van der Waals surface area contributed by atoms with Crippen LogP contribution in [0.5, 0.6) is 0 Å². The van der Waals surface area contributed by atoms with Gasteiger partial charge in [-0.05, 0) is 37.5 Å². The molecule has 4 heteroatoms. The molecule has 4 unspecified atom stereocenters. The van der Waals surface area contributed by atoms with Crippen molar-refractivity contribution in [1.82, 2.24) is 10.2 Å². The van der Waals surface area contributed by atoms with Crippen LogP contribution < -0.4 is 5.32 Å². The van der Waals surface area contributed by atoms with Gasteiger partial charge in [0.05, 0.1) is 0 Å². The van der Waals surface area contributed by atoms with Crippen LogP contribution in [0.4, 0.5) is 0 Å². The van der Waals surface area contributed by atoms with Gasteiger partial charge in [0.25, 0.3) is 0 Å². The fraction of sp³-hybridized carbons (Fsp3) is 0.882. The summed E-state index contributed by atoms with van der Waals surface area (Å²) in [6, 6.07) is -0.373. The fourth-order valence-corrected chi connectivity index (χ4v) is 3.82. The molecule has 0 aromatic rings. The largest absolute Gasteiger partial charge is 0.343 e. The molecule has 2 fully saturated rings. The van der Waals surface area contributed by atoms with Crippen molar-refractivity contribution in [2.75, 3.05) is 0 Å². The van der Waals surface area contributed by atoms with Crippen LogP contribution in [-0.4, -0.2) is 34.8 Å². The molecular formula is C17H30N2O2. The highest BCUT2D eigenvalue weighted by Crippen LogP contribution is 2.30. The summed E-state index contributed by atoms with van der Waals surface area (Å²) in [6.45, 7) is 8.33. The van der Waals surface area contributed by atoms with Crippen LogP contribution >= 0.6 is 0 Å². The lowest BCUT2D eigenvalue weighted by atomic mass is 9.92. The van der Waals surface area contributed by atoms with Crippen molar-refractivity contribution < 1.29 is 9.59 Å². The van der Waals surface area contributed by atoms with Crippen molar-refractivity contribution in [3.8, 4) is 0 Å². The van der Waals surface area contributed by atoms with Gasteiger partial charge in [-0.3, -0.25) is 9.59 Å². The molecule has 120 valence electrons. The minimum atomic E-state index is -0.326. The predicted molar refractivity (Wildman–Crippen MR) is 83.7 cm³/mol. The van der Waals surface area contributed by atoms with E-state index in [-0.39, 0.29) is 35.9 Å². The molecule has 0 spiro atoms. The first-order chi connectivity index (χ1) is 9.95. The minimum absolute atomic E-state index is 0.0359. The first kappa shape index (κ1) is 16.3. The molecule has 4 nitrogen and oxygen atoms in total. The van der Waals surface area contributed by atoms with Crippen LogP contribution in [0.1, 0.15) is 66.2 Å². The summed E-state index contributed by atoms with van der Waals surface area (Å²) >= 11 is 0. The average Bonchev–Trinajstić information content (AvgIpc) is 2.64. The summed E-state index contributed by atoms with van der Waals surface area (Å²) in [5, 5.41) is 2.91. The topological polar surface area (TPSA) is 49.4 Å². The molecular weight excluding hydrogens is 264 g/mol. The van der Waals surface area contributed by atoms with E-state index in [0.29, 0.717) is 6.42 Å². The van der Waals surface area contributed by atoms with Crippen molar-refractivity contribution in [3.05, 3.63) is 0 Å². The predicted octanol–water partition coefficient (Wildman–Crippen LogP) is 2.72. The molecule has 1 saturated heterocycles. The zero-order valence-electron chi connectivity index (χ0n) is 13.9. The first-order valence-electron chi connectivity index (χ1n) is 8.58. The summed E-state index contributed by atoms with van der Waals surface area (Å²) in [4.78, 5) is 27.2. The zero-order chi connectivity index (χ0) is 15.6. The number of nitrogens with zero attached hydrogens (tertiary/aromatic N) is 1. The van der Waals surface area contributed by atoms with Gasteiger partial charge >= 0.3 is 0 Å². The lowest BCUT2D eigenvalue weighted by Gasteiger charge is -2.45. The van der Waals surface area contributed by atoms with Crippen molar-refractivity contribution >= 4 is 11.8 Å². The van der Waals surface area contributed by atoms with Gasteiger partial charge in [0.15, 0.2) is 0 Å². The molecule has 2 rings (SSSR count). The molecule has 1 aliphatic heterocycles. The third-order valence-electron chi connectivity index (χ3n) is 5.10. The van der Waals surface area contributed by atoms with E-state index in [1.54, 1.807) is 0 Å². The van der Waals surface area contributed by atoms with Gasteiger partial charge in [-0.25, -0.2) is 0 Å². The second kappa shape index (κ2) is 6.80. The zero-order valence-corrected chi connectivity index (χ0v) is 13.9. The first-order valence-corrected chi connectivity index (χ1v) is 8.58. The Morgan fingerprint density at radius 3 is 2.52 bits per heavy atom. The maximum absolute atomic E-state index is 12.8. The third-order valence-corrected chi connectivity index (χ3v) is 5.10. The van der Waals surface area contributed by atoms with Gasteiger partial charge in [-0.2, -0.15) is 0 Å². The molecule has 4 atom stereocenters. The van der Waals surface area contributed by atoms with Gasteiger partial charge in [-0.1, -0.05) is 40.5 Å². The van der Waals surface area contributed by atoms with E-state index < -0.39 is 0 Å². The molecule has 1 saturated carbocycles. The highest BCUT2D eigenvalue weighted by Gasteiger charge is 2.44. The lowest BCUT2D eigenvalue weighted by molar-refractivity contribution is -0.154. The van der Waals surface area contributed by atoms with E-state index in [4.69, 9.17) is 0 Å². The van der Waals surface area contributed by atoms with Crippen LogP contribution in [0, 0.1) is 11.8 Å². The Morgan fingerprint density at radius 1 is 1.19 bits per heavy atom. The number of amides is 2. The fourth-order valence-electron chi connectivity index (χ4n) is 3.82. The van der Waals surface area contributed by atoms with Crippen molar-refractivity contribution in [3.63, 3.8) is 0 Å². The summed E-state index contributed by atoms with van der Waals surface area (Å²) < 4.78 is 0. The molecule has 0 radical (unpaired) electrons. The minimum Gasteiger partial charge on any atom is -0.343 e. The van der Waals surface area contributed by atoms with Crippen LogP contribution in [0.2, 0.25) is 0 Å². The molecule has 0 aromatic heterocycles. The van der Waals surface area contributed by atoms with Crippen molar-refractivity contribution in [1.29, 1.82) is 0 Å². The van der Waals surface area contributed by atoms with Gasteiger partial charge in [-0.15, -0.1) is 0 Å². The second-order valence-electron chi connectivity index (χ2n) is 7.17. The number of hydrogen-bond acceptors (Lipinski definition) is 2. The summed E-state index contributed by atoms with van der Waals surface area (Å²) in [5.74, 6) is 1.07. The molecule has 0 bridgehead atoms. The Hall–Kier alpha value is -1.06. The van der Waals surface area contributed by atoms with E-state index in [1.807, 2.05) is 25.7 Å². The SMILES string of the molecule is CCC1NC(=O)C(C(C)C)N(C2CCCC(C)CC2)C1=O. The third kappa shape index (κ3) is 3.41. The Bertz CT molecular complexity index is 394. The van der Waals surface area contributed by atoms with E-state index in [9.17, 15) is 9.59 Å². The van der Waals surface area contributed by atoms with Gasteiger partial charge in [0, 0.05) is 6.04 Å². The monoisotopic (exact) mass is 294 g/mol. The van der Waals surface area contributed by atoms with Crippen LogP contribution in [0.15, 0.2) is 0 Å². The van der Waals surface area contributed by atoms with Gasteiger partial charge in [0.1, 0.15) is 12.1 Å². The Kier molecular flexibility index (Phi) is 5.28. The molecule has 1 heterocycles. The van der Waals surface area contributed by atoms with Crippen LogP contribution in [-0.2, 0) is 9.59 Å². The highest BCUT2D eigenvalue weighted by atomic mass is 16.2. The number of nitrogens with one attached hydrogen (secondary N) is 1. The average molecular weight is 294 g/mol. The normalized spacial score (nSPS) is 34.8. The van der Waals surface area contributed by atoms with Crippen molar-refractivity contribution in [2.45, 2.75) is 84.3 Å². The number of rotatable bonds is 3. The summed E-state index contributed by atoms with van der Waals surface area (Å²) in [6.07, 6.45) is 6.34. The quantitative estimate of drug-likeness (QED) is 0.814. The smallest absolute Gasteiger partial charge is 0.246 e. The molecule has 1 N–H and O–H groups in total. The van der Waals surface area contributed by atoms with Crippen molar-refractivity contribution in [2.24, 2.45) is 11.8 Å². The van der Waals surface area contributed by atoms with Crippen LogP contribution in [0.25, 0.3) is 0 Å². The number of hydrogen-bond donors (Lipinski definition) is 1. The molecule has 0 aromatic carbocycles. The lowest BCUT2D eigenvalue weighted by Crippen LogP contribution is -2.66. The Balaban J connectivity index is 2.24. The van der Waals surface area contributed by atoms with E-state index in [0.717, 1.165) is 25.2 Å². The Labute approximate surface area is 128 Å². The van der Waals surface area contributed by atoms with E-state index in [1.165, 1.54) is 12.8 Å². The van der Waals surface area contributed by atoms with Crippen LogP contribution in [0.3, 0.4) is 0 Å². The Morgan fingerprint density at radius 2 is 1.90 bits per heavy atom.